The average Bonchev–Trinajstić information content (AvgIpc) is 2.71. The second kappa shape index (κ2) is 9.28. The van der Waals surface area contributed by atoms with Crippen LogP contribution < -0.4 is 4.74 Å². The van der Waals surface area contributed by atoms with Crippen LogP contribution in [0.3, 0.4) is 0 Å². The van der Waals surface area contributed by atoms with Gasteiger partial charge in [0.2, 0.25) is 0 Å². The van der Waals surface area contributed by atoms with E-state index in [-0.39, 0.29) is 23.3 Å². The molecule has 172 valence electrons. The first kappa shape index (κ1) is 23.7. The molecule has 0 spiro atoms. The Balaban J connectivity index is 1.61. The highest BCUT2D eigenvalue weighted by atomic mass is 32.2. The van der Waals surface area contributed by atoms with E-state index < -0.39 is 21.3 Å². The molecule has 0 N–H and O–H groups in total. The van der Waals surface area contributed by atoms with E-state index in [0.717, 1.165) is 11.8 Å². The van der Waals surface area contributed by atoms with Crippen LogP contribution in [-0.2, 0) is 21.2 Å². The van der Waals surface area contributed by atoms with Crippen molar-refractivity contribution < 1.29 is 27.1 Å². The Hall–Kier alpha value is -2.94. The molecule has 2 aromatic rings. The Kier molecular flexibility index (Phi) is 6.88. The van der Waals surface area contributed by atoms with Crippen molar-refractivity contribution in [1.29, 1.82) is 0 Å². The highest BCUT2D eigenvalue weighted by molar-refractivity contribution is 7.90. The van der Waals surface area contributed by atoms with Gasteiger partial charge in [0.25, 0.3) is 0 Å². The van der Waals surface area contributed by atoms with Crippen LogP contribution in [0.15, 0.2) is 47.5 Å². The summed E-state index contributed by atoms with van der Waals surface area (Å²) in [6.45, 7) is 6.24. The maximum absolute atomic E-state index is 14.6. The molecule has 1 aliphatic rings. The van der Waals surface area contributed by atoms with Crippen molar-refractivity contribution in [2.75, 3.05) is 19.3 Å². The molecule has 3 rings (SSSR count). The van der Waals surface area contributed by atoms with Crippen LogP contribution in [0.2, 0.25) is 0 Å². The lowest BCUT2D eigenvalue weighted by Crippen LogP contribution is -2.39. The lowest BCUT2D eigenvalue weighted by molar-refractivity contribution is 0.0270. The fourth-order valence-electron chi connectivity index (χ4n) is 3.11. The molecule has 0 unspecified atom stereocenters. The number of carbonyl (C=O) groups is 1. The second-order valence-corrected chi connectivity index (χ2v) is 10.6. The van der Waals surface area contributed by atoms with E-state index in [1.807, 2.05) is 26.8 Å². The summed E-state index contributed by atoms with van der Waals surface area (Å²) in [5.41, 5.74) is 1.17. The van der Waals surface area contributed by atoms with Gasteiger partial charge in [0.05, 0.1) is 4.90 Å². The number of rotatable bonds is 5. The number of nitrogens with zero attached hydrogens (tertiary/aromatic N) is 2. The van der Waals surface area contributed by atoms with Crippen LogP contribution in [0.5, 0.6) is 5.75 Å². The third-order valence-corrected chi connectivity index (χ3v) is 5.90. The summed E-state index contributed by atoms with van der Waals surface area (Å²) >= 11 is 0. The molecule has 0 saturated carbocycles. The number of carbonyl (C=O) groups excluding carboxylic acids is 1. The van der Waals surface area contributed by atoms with Crippen molar-refractivity contribution in [3.05, 3.63) is 59.7 Å². The normalized spacial score (nSPS) is 14.7. The van der Waals surface area contributed by atoms with Gasteiger partial charge in [0.15, 0.2) is 9.84 Å². The van der Waals surface area contributed by atoms with Gasteiger partial charge in [0, 0.05) is 25.5 Å². The molecule has 1 amide bonds. The van der Waals surface area contributed by atoms with Gasteiger partial charge < -0.3 is 14.4 Å². The number of aromatic nitrogens is 1. The van der Waals surface area contributed by atoms with Crippen LogP contribution in [0.1, 0.15) is 38.4 Å². The molecule has 0 saturated heterocycles. The van der Waals surface area contributed by atoms with Crippen LogP contribution >= 0.6 is 0 Å². The third-order valence-electron chi connectivity index (χ3n) is 4.78. The molecule has 1 aromatic heterocycles. The molecule has 7 nitrogen and oxygen atoms in total. The summed E-state index contributed by atoms with van der Waals surface area (Å²) < 4.78 is 48.5. The molecule has 9 heteroatoms. The van der Waals surface area contributed by atoms with Crippen LogP contribution in [0.4, 0.5) is 9.18 Å². The largest absolute Gasteiger partial charge is 0.487 e. The van der Waals surface area contributed by atoms with Crippen molar-refractivity contribution in [3.8, 4) is 5.75 Å². The Bertz CT molecular complexity index is 1120. The third kappa shape index (κ3) is 6.29. The number of pyridine rings is 1. The lowest BCUT2D eigenvalue weighted by Gasteiger charge is -2.29. The standard InChI is InChI=1S/C23H27FN2O5S/c1-23(2,3)31-22(27)26-11-9-16(10-12-26)17-13-20(24)21(25-14-17)15-30-18-5-7-19(8-6-18)32(4,28)29/h5-9,13-14H,10-12,15H2,1-4H3. The Labute approximate surface area is 187 Å². The zero-order valence-corrected chi connectivity index (χ0v) is 19.4. The minimum Gasteiger partial charge on any atom is -0.487 e. The van der Waals surface area contributed by atoms with E-state index in [1.54, 1.807) is 11.1 Å². The lowest BCUT2D eigenvalue weighted by atomic mass is 10.0. The van der Waals surface area contributed by atoms with Gasteiger partial charge in [-0.05, 0) is 68.7 Å². The fraction of sp³-hybridized carbons (Fsp3) is 0.391. The minimum atomic E-state index is -3.29. The van der Waals surface area contributed by atoms with Crippen LogP contribution in [0.25, 0.3) is 5.57 Å². The number of halogens is 1. The number of ether oxygens (including phenoxy) is 2. The van der Waals surface area contributed by atoms with E-state index in [0.29, 0.717) is 30.8 Å². The van der Waals surface area contributed by atoms with Crippen molar-refractivity contribution in [1.82, 2.24) is 9.88 Å². The maximum Gasteiger partial charge on any atom is 0.410 e. The first-order valence-electron chi connectivity index (χ1n) is 10.2. The summed E-state index contributed by atoms with van der Waals surface area (Å²) in [5.74, 6) is -0.0781. The van der Waals surface area contributed by atoms with E-state index in [2.05, 4.69) is 4.98 Å². The smallest absolute Gasteiger partial charge is 0.410 e. The zero-order valence-electron chi connectivity index (χ0n) is 18.6. The first-order chi connectivity index (χ1) is 14.9. The molecule has 1 aromatic carbocycles. The highest BCUT2D eigenvalue weighted by Crippen LogP contribution is 2.25. The second-order valence-electron chi connectivity index (χ2n) is 8.59. The molecule has 0 atom stereocenters. The quantitative estimate of drug-likeness (QED) is 0.661. The molecule has 0 radical (unpaired) electrons. The predicted molar refractivity (Wildman–Crippen MR) is 118 cm³/mol. The van der Waals surface area contributed by atoms with E-state index >= 15 is 0 Å². The van der Waals surface area contributed by atoms with Gasteiger partial charge in [-0.2, -0.15) is 0 Å². The number of benzene rings is 1. The molecular formula is C23H27FN2O5S. The summed E-state index contributed by atoms with van der Waals surface area (Å²) in [5, 5.41) is 0. The van der Waals surface area contributed by atoms with Crippen molar-refractivity contribution in [3.63, 3.8) is 0 Å². The molecule has 2 heterocycles. The van der Waals surface area contributed by atoms with Crippen molar-refractivity contribution in [2.45, 2.75) is 44.3 Å². The predicted octanol–water partition coefficient (Wildman–Crippen LogP) is 4.23. The molecule has 1 aliphatic heterocycles. The summed E-state index contributed by atoms with van der Waals surface area (Å²) in [6.07, 6.45) is 4.80. The maximum atomic E-state index is 14.6. The molecule has 0 aliphatic carbocycles. The Morgan fingerprint density at radius 2 is 1.91 bits per heavy atom. The van der Waals surface area contributed by atoms with Crippen LogP contribution in [-0.4, -0.2) is 49.3 Å². The topological polar surface area (TPSA) is 85.8 Å². The molecule has 32 heavy (non-hydrogen) atoms. The number of hydrogen-bond donors (Lipinski definition) is 0. The van der Waals surface area contributed by atoms with Gasteiger partial charge in [-0.3, -0.25) is 4.98 Å². The number of sulfone groups is 1. The van der Waals surface area contributed by atoms with E-state index in [4.69, 9.17) is 9.47 Å². The zero-order chi connectivity index (χ0) is 23.5. The Morgan fingerprint density at radius 1 is 1.22 bits per heavy atom. The first-order valence-corrected chi connectivity index (χ1v) is 12.1. The summed E-state index contributed by atoms with van der Waals surface area (Å²) in [6, 6.07) is 7.33. The number of hydrogen-bond acceptors (Lipinski definition) is 6. The van der Waals surface area contributed by atoms with Gasteiger partial charge in [0.1, 0.15) is 29.5 Å². The molecule has 0 bridgehead atoms. The minimum absolute atomic E-state index is 0.0875. The van der Waals surface area contributed by atoms with Crippen molar-refractivity contribution >= 4 is 21.5 Å². The monoisotopic (exact) mass is 462 g/mol. The van der Waals surface area contributed by atoms with E-state index in [9.17, 15) is 17.6 Å². The van der Waals surface area contributed by atoms with Crippen LogP contribution in [0, 0.1) is 5.82 Å². The number of amides is 1. The molecule has 0 fully saturated rings. The van der Waals surface area contributed by atoms with Gasteiger partial charge >= 0.3 is 6.09 Å². The van der Waals surface area contributed by atoms with Crippen molar-refractivity contribution in [2.24, 2.45) is 0 Å². The molecular weight excluding hydrogens is 435 g/mol. The van der Waals surface area contributed by atoms with Gasteiger partial charge in [-0.25, -0.2) is 17.6 Å². The SMILES string of the molecule is CC(C)(C)OC(=O)N1CC=C(c2cnc(COc3ccc(S(C)(=O)=O)cc3)c(F)c2)CC1. The fourth-order valence-corrected chi connectivity index (χ4v) is 3.74. The average molecular weight is 463 g/mol. The Morgan fingerprint density at radius 3 is 2.44 bits per heavy atom. The summed E-state index contributed by atoms with van der Waals surface area (Å²) in [4.78, 5) is 18.1. The highest BCUT2D eigenvalue weighted by Gasteiger charge is 2.24. The van der Waals surface area contributed by atoms with E-state index in [1.165, 1.54) is 30.3 Å². The summed E-state index contributed by atoms with van der Waals surface area (Å²) in [7, 11) is -3.29. The van der Waals surface area contributed by atoms with Gasteiger partial charge in [-0.1, -0.05) is 6.08 Å². The van der Waals surface area contributed by atoms with Gasteiger partial charge in [-0.15, -0.1) is 0 Å².